The molecule has 2 aromatic rings. The van der Waals surface area contributed by atoms with Crippen LogP contribution in [0.5, 0.6) is 5.75 Å². The highest BCUT2D eigenvalue weighted by Crippen LogP contribution is 2.50. The highest BCUT2D eigenvalue weighted by Gasteiger charge is 2.61. The van der Waals surface area contributed by atoms with Gasteiger partial charge in [-0.25, -0.2) is 13.2 Å². The number of alkyl halides is 1. The minimum Gasteiger partial charge on any atom is -0.503 e. The molecule has 2 amide bonds. The maximum Gasteiger partial charge on any atom is 0.274 e. The first-order chi connectivity index (χ1) is 17.0. The van der Waals surface area contributed by atoms with Crippen molar-refractivity contribution in [3.05, 3.63) is 63.1 Å². The maximum absolute atomic E-state index is 16.2. The van der Waals surface area contributed by atoms with Gasteiger partial charge in [-0.2, -0.15) is 5.06 Å². The summed E-state index contributed by atoms with van der Waals surface area (Å²) in [6.07, 6.45) is -0.0799. The lowest BCUT2D eigenvalue weighted by molar-refractivity contribution is -0.230. The molecule has 3 aliphatic heterocycles. The van der Waals surface area contributed by atoms with Crippen molar-refractivity contribution in [3.8, 4) is 5.75 Å². The second-order valence-corrected chi connectivity index (χ2v) is 9.70. The van der Waals surface area contributed by atoms with Crippen molar-refractivity contribution in [2.24, 2.45) is 5.73 Å². The van der Waals surface area contributed by atoms with Gasteiger partial charge < -0.3 is 20.3 Å². The van der Waals surface area contributed by atoms with Crippen molar-refractivity contribution in [2.75, 3.05) is 6.54 Å². The summed E-state index contributed by atoms with van der Waals surface area (Å²) < 4.78 is 45.2. The summed E-state index contributed by atoms with van der Waals surface area (Å²) in [6, 6.07) is 0.916. The van der Waals surface area contributed by atoms with Gasteiger partial charge in [0.15, 0.2) is 17.6 Å². The van der Waals surface area contributed by atoms with Gasteiger partial charge in [-0.3, -0.25) is 19.2 Å². The van der Waals surface area contributed by atoms with Crippen molar-refractivity contribution < 1.29 is 32.7 Å². The first-order valence-corrected chi connectivity index (χ1v) is 11.6. The molecule has 1 aromatic carbocycles. The lowest BCUT2D eigenvalue weighted by atomic mass is 9.82. The topological polar surface area (TPSA) is 118 Å². The third-order valence-electron chi connectivity index (χ3n) is 7.67. The Balaban J connectivity index is 1.63. The number of carbonyl (C=O) groups is 2. The zero-order valence-corrected chi connectivity index (χ0v) is 19.6. The van der Waals surface area contributed by atoms with Gasteiger partial charge in [0.1, 0.15) is 22.8 Å². The number of primary amides is 1. The molecule has 0 aliphatic carbocycles. The molecule has 1 spiro atoms. The summed E-state index contributed by atoms with van der Waals surface area (Å²) in [5.41, 5.74) is 1.84. The summed E-state index contributed by atoms with van der Waals surface area (Å²) in [7, 11) is 0. The van der Waals surface area contributed by atoms with Crippen LogP contribution in [0, 0.1) is 11.6 Å². The fraction of sp³-hybridized carbons (Fsp3) is 0.458. The van der Waals surface area contributed by atoms with Crippen LogP contribution in [0.15, 0.2) is 29.2 Å². The van der Waals surface area contributed by atoms with Crippen LogP contribution >= 0.6 is 0 Å². The van der Waals surface area contributed by atoms with Gasteiger partial charge in [0, 0.05) is 30.4 Å². The van der Waals surface area contributed by atoms with Crippen LogP contribution in [-0.2, 0) is 11.4 Å². The number of aromatic hydroxyl groups is 1. The molecule has 2 fully saturated rings. The molecule has 3 N–H and O–H groups in total. The van der Waals surface area contributed by atoms with E-state index in [2.05, 4.69) is 0 Å². The Kier molecular flexibility index (Phi) is 5.63. The van der Waals surface area contributed by atoms with Crippen LogP contribution in [0.4, 0.5) is 13.2 Å². The predicted molar refractivity (Wildman–Crippen MR) is 120 cm³/mol. The second kappa shape index (κ2) is 8.34. The monoisotopic (exact) mass is 506 g/mol. The number of halogens is 3. The van der Waals surface area contributed by atoms with Crippen LogP contribution < -0.4 is 11.2 Å². The van der Waals surface area contributed by atoms with Crippen molar-refractivity contribution in [1.29, 1.82) is 0 Å². The van der Waals surface area contributed by atoms with Gasteiger partial charge in [-0.15, -0.1) is 0 Å². The zero-order valence-electron chi connectivity index (χ0n) is 19.6. The van der Waals surface area contributed by atoms with Crippen LogP contribution in [0.2, 0.25) is 0 Å². The first kappa shape index (κ1) is 24.3. The normalized spacial score (nSPS) is 29.9. The number of hydrogen-bond donors (Lipinski definition) is 2. The molecule has 5 unspecified atom stereocenters. The molecule has 3 aliphatic rings. The number of pyridine rings is 1. The van der Waals surface area contributed by atoms with Crippen molar-refractivity contribution in [2.45, 2.75) is 63.1 Å². The summed E-state index contributed by atoms with van der Waals surface area (Å²) in [5, 5.41) is 11.9. The van der Waals surface area contributed by atoms with E-state index in [4.69, 9.17) is 10.6 Å². The fourth-order valence-electron chi connectivity index (χ4n) is 5.60. The third kappa shape index (κ3) is 3.42. The van der Waals surface area contributed by atoms with Crippen LogP contribution in [0.1, 0.15) is 59.1 Å². The molecule has 36 heavy (non-hydrogen) atoms. The van der Waals surface area contributed by atoms with Gasteiger partial charge in [-0.1, -0.05) is 6.07 Å². The third-order valence-corrected chi connectivity index (χ3v) is 7.67. The Hall–Kier alpha value is -3.38. The number of nitrogens with zero attached hydrogens (tertiary/aromatic N) is 3. The number of amides is 2. The summed E-state index contributed by atoms with van der Waals surface area (Å²) in [5.74, 6) is -4.23. The van der Waals surface area contributed by atoms with E-state index in [1.807, 2.05) is 0 Å². The number of rotatable bonds is 3. The molecule has 192 valence electrons. The highest BCUT2D eigenvalue weighted by molar-refractivity contribution is 5.99. The van der Waals surface area contributed by atoms with Gasteiger partial charge in [0.25, 0.3) is 11.8 Å². The van der Waals surface area contributed by atoms with E-state index in [-0.39, 0.29) is 36.8 Å². The molecule has 12 heteroatoms. The number of benzene rings is 1. The first-order valence-electron chi connectivity index (χ1n) is 11.6. The maximum atomic E-state index is 16.2. The average molecular weight is 506 g/mol. The summed E-state index contributed by atoms with van der Waals surface area (Å²) in [6.45, 7) is 3.15. The minimum atomic E-state index is -1.64. The predicted octanol–water partition coefficient (Wildman–Crippen LogP) is 2.02. The molecule has 0 saturated carbocycles. The molecule has 5 rings (SSSR count). The van der Waals surface area contributed by atoms with Crippen LogP contribution in [0.25, 0.3) is 0 Å². The number of hydroxylamine groups is 2. The van der Waals surface area contributed by atoms with Gasteiger partial charge in [0.2, 0.25) is 5.43 Å². The number of aromatic nitrogens is 1. The smallest absolute Gasteiger partial charge is 0.274 e. The second-order valence-electron chi connectivity index (χ2n) is 9.70. The molecular formula is C24H25F3N4O5. The lowest BCUT2D eigenvalue weighted by Crippen LogP contribution is -2.55. The molecule has 4 heterocycles. The SMILES string of the molecule is CC1C(F)C2(CCC(C)N3CC2n2cc(C(N)=O)c(=O)c(O)c2C3=O)ON1Cc1ccc(F)cc1F. The van der Waals surface area contributed by atoms with Crippen LogP contribution in [-0.4, -0.2) is 61.9 Å². The minimum absolute atomic E-state index is 0.0145. The lowest BCUT2D eigenvalue weighted by Gasteiger charge is -2.43. The molecule has 5 atom stereocenters. The van der Waals surface area contributed by atoms with E-state index in [0.717, 1.165) is 18.3 Å². The fourth-order valence-corrected chi connectivity index (χ4v) is 5.60. The highest BCUT2D eigenvalue weighted by atomic mass is 19.1. The summed E-state index contributed by atoms with van der Waals surface area (Å²) in [4.78, 5) is 45.4. The molecule has 9 nitrogen and oxygen atoms in total. The van der Waals surface area contributed by atoms with Gasteiger partial charge in [-0.05, 0) is 32.8 Å². The number of carbonyl (C=O) groups excluding carboxylic acids is 2. The van der Waals surface area contributed by atoms with Crippen molar-refractivity contribution in [1.82, 2.24) is 14.5 Å². The molecule has 0 radical (unpaired) electrons. The Morgan fingerprint density at radius 1 is 1.28 bits per heavy atom. The van der Waals surface area contributed by atoms with Crippen LogP contribution in [0.3, 0.4) is 0 Å². The van der Waals surface area contributed by atoms with E-state index in [9.17, 15) is 28.3 Å². The van der Waals surface area contributed by atoms with Crippen molar-refractivity contribution >= 4 is 11.8 Å². The van der Waals surface area contributed by atoms with E-state index in [1.54, 1.807) is 13.8 Å². The molecule has 1 aromatic heterocycles. The van der Waals surface area contributed by atoms with E-state index in [1.165, 1.54) is 20.6 Å². The number of nitrogens with two attached hydrogens (primary N) is 1. The van der Waals surface area contributed by atoms with Gasteiger partial charge in [0.05, 0.1) is 18.6 Å². The standard InChI is InChI=1S/C24H25F3N4O5/c1-11-5-6-24(21(27)12(2)31(36-24)8-13-3-4-14(25)7-16(13)26)17-10-29(11)23(35)18-20(33)19(32)15(22(28)34)9-30(17)18/h3-4,7,9,11-12,17,21,33H,5-6,8,10H2,1-2H3,(H2,28,34). The molecule has 2 saturated heterocycles. The van der Waals surface area contributed by atoms with E-state index >= 15 is 4.39 Å². The summed E-state index contributed by atoms with van der Waals surface area (Å²) >= 11 is 0. The molecular weight excluding hydrogens is 481 g/mol. The quantitative estimate of drug-likeness (QED) is 0.658. The Morgan fingerprint density at radius 2 is 2.00 bits per heavy atom. The number of hydrogen-bond acceptors (Lipinski definition) is 6. The molecule has 2 bridgehead atoms. The van der Waals surface area contributed by atoms with Gasteiger partial charge >= 0.3 is 0 Å². The average Bonchev–Trinajstić information content (AvgIpc) is 2.97. The zero-order chi connectivity index (χ0) is 26.1. The number of fused-ring (bicyclic) bond motifs is 5. The Morgan fingerprint density at radius 3 is 2.67 bits per heavy atom. The largest absolute Gasteiger partial charge is 0.503 e. The van der Waals surface area contributed by atoms with E-state index in [0.29, 0.717) is 6.42 Å². The Bertz CT molecular complexity index is 1330. The van der Waals surface area contributed by atoms with E-state index < -0.39 is 64.0 Å². The van der Waals surface area contributed by atoms with Crippen molar-refractivity contribution in [3.63, 3.8) is 0 Å². The Labute approximate surface area is 203 Å².